The standard InChI is InChI=1S/C18H20N2O2/c1-11(2)8-15-18(22)20(3)16-10-13-7-5-4-6-12(13)9-14(16)17(21)19-15/h4-7,9-11,15H,8H2,1-3H3,(H,19,21). The van der Waals surface area contributed by atoms with Crippen molar-refractivity contribution in [3.8, 4) is 0 Å². The van der Waals surface area contributed by atoms with Gasteiger partial charge in [-0.05, 0) is 35.2 Å². The second kappa shape index (κ2) is 5.44. The van der Waals surface area contributed by atoms with E-state index in [1.54, 1.807) is 11.9 Å². The van der Waals surface area contributed by atoms with Gasteiger partial charge in [0.1, 0.15) is 6.04 Å². The summed E-state index contributed by atoms with van der Waals surface area (Å²) in [4.78, 5) is 26.8. The Morgan fingerprint density at radius 1 is 1.14 bits per heavy atom. The average Bonchev–Trinajstić information content (AvgIpc) is 2.57. The van der Waals surface area contributed by atoms with Gasteiger partial charge < -0.3 is 10.2 Å². The Hall–Kier alpha value is -2.36. The fourth-order valence-corrected chi connectivity index (χ4v) is 2.97. The van der Waals surface area contributed by atoms with Gasteiger partial charge in [-0.25, -0.2) is 0 Å². The van der Waals surface area contributed by atoms with Crippen LogP contribution in [0.1, 0.15) is 30.6 Å². The highest BCUT2D eigenvalue weighted by Gasteiger charge is 2.32. The van der Waals surface area contributed by atoms with E-state index in [-0.39, 0.29) is 11.8 Å². The molecule has 1 aliphatic rings. The number of hydrogen-bond acceptors (Lipinski definition) is 2. The molecule has 1 aliphatic heterocycles. The second-order valence-electron chi connectivity index (χ2n) is 6.27. The summed E-state index contributed by atoms with van der Waals surface area (Å²) in [7, 11) is 1.74. The lowest BCUT2D eigenvalue weighted by Gasteiger charge is -2.22. The topological polar surface area (TPSA) is 49.4 Å². The van der Waals surface area contributed by atoms with Crippen LogP contribution in [0.15, 0.2) is 36.4 Å². The normalized spacial score (nSPS) is 18.4. The Balaban J connectivity index is 2.12. The number of carbonyl (C=O) groups excluding carboxylic acids is 2. The van der Waals surface area contributed by atoms with Gasteiger partial charge >= 0.3 is 0 Å². The molecule has 2 aromatic carbocycles. The number of fused-ring (bicyclic) bond motifs is 2. The van der Waals surface area contributed by atoms with Gasteiger partial charge in [-0.2, -0.15) is 0 Å². The highest BCUT2D eigenvalue weighted by atomic mass is 16.2. The molecule has 2 amide bonds. The lowest BCUT2D eigenvalue weighted by atomic mass is 10.0. The van der Waals surface area contributed by atoms with Crippen molar-refractivity contribution in [2.75, 3.05) is 11.9 Å². The van der Waals surface area contributed by atoms with Crippen LogP contribution in [-0.4, -0.2) is 24.9 Å². The van der Waals surface area contributed by atoms with Crippen molar-refractivity contribution < 1.29 is 9.59 Å². The number of anilines is 1. The summed E-state index contributed by atoms with van der Waals surface area (Å²) in [5, 5.41) is 4.90. The molecule has 114 valence electrons. The van der Waals surface area contributed by atoms with Crippen molar-refractivity contribution in [3.63, 3.8) is 0 Å². The van der Waals surface area contributed by atoms with Gasteiger partial charge in [0.25, 0.3) is 5.91 Å². The number of rotatable bonds is 2. The third-order valence-electron chi connectivity index (χ3n) is 4.11. The fourth-order valence-electron chi connectivity index (χ4n) is 2.97. The quantitative estimate of drug-likeness (QED) is 0.926. The molecule has 1 heterocycles. The van der Waals surface area contributed by atoms with Crippen molar-refractivity contribution in [3.05, 3.63) is 42.0 Å². The molecule has 4 nitrogen and oxygen atoms in total. The zero-order valence-electron chi connectivity index (χ0n) is 13.1. The first-order valence-corrected chi connectivity index (χ1v) is 7.58. The molecule has 1 atom stereocenters. The van der Waals surface area contributed by atoms with Gasteiger partial charge in [-0.3, -0.25) is 9.59 Å². The molecular weight excluding hydrogens is 276 g/mol. The Bertz CT molecular complexity index is 752. The molecule has 0 aromatic heterocycles. The first-order chi connectivity index (χ1) is 10.5. The zero-order chi connectivity index (χ0) is 15.9. The highest BCUT2D eigenvalue weighted by molar-refractivity contribution is 6.13. The molecule has 0 radical (unpaired) electrons. The van der Waals surface area contributed by atoms with Crippen LogP contribution in [0.4, 0.5) is 5.69 Å². The van der Waals surface area contributed by atoms with E-state index >= 15 is 0 Å². The van der Waals surface area contributed by atoms with Crippen molar-refractivity contribution in [1.29, 1.82) is 0 Å². The van der Waals surface area contributed by atoms with E-state index in [0.29, 0.717) is 23.6 Å². The summed E-state index contributed by atoms with van der Waals surface area (Å²) in [5.74, 6) is 0.100. The molecule has 4 heteroatoms. The van der Waals surface area contributed by atoms with E-state index in [2.05, 4.69) is 5.32 Å². The van der Waals surface area contributed by atoms with Gasteiger partial charge in [-0.1, -0.05) is 38.1 Å². The summed E-state index contributed by atoms with van der Waals surface area (Å²) in [6.45, 7) is 4.09. The number of carbonyl (C=O) groups is 2. The van der Waals surface area contributed by atoms with E-state index in [0.717, 1.165) is 10.8 Å². The fraction of sp³-hybridized carbons (Fsp3) is 0.333. The maximum absolute atomic E-state index is 12.6. The predicted octanol–water partition coefficient (Wildman–Crippen LogP) is 2.96. The molecular formula is C18H20N2O2. The molecule has 22 heavy (non-hydrogen) atoms. The van der Waals surface area contributed by atoms with Crippen molar-refractivity contribution in [2.24, 2.45) is 5.92 Å². The smallest absolute Gasteiger partial charge is 0.254 e. The van der Waals surface area contributed by atoms with Gasteiger partial charge in [0.2, 0.25) is 5.91 Å². The van der Waals surface area contributed by atoms with E-state index in [1.807, 2.05) is 50.2 Å². The van der Waals surface area contributed by atoms with Gasteiger partial charge in [0.15, 0.2) is 0 Å². The maximum atomic E-state index is 12.6. The summed E-state index contributed by atoms with van der Waals surface area (Å²) in [6, 6.07) is 11.2. The van der Waals surface area contributed by atoms with Crippen LogP contribution in [0.3, 0.4) is 0 Å². The minimum atomic E-state index is -0.465. The Labute approximate surface area is 130 Å². The van der Waals surface area contributed by atoms with Crippen molar-refractivity contribution >= 4 is 28.3 Å². The van der Waals surface area contributed by atoms with E-state index in [4.69, 9.17) is 0 Å². The van der Waals surface area contributed by atoms with Crippen LogP contribution < -0.4 is 10.2 Å². The Morgan fingerprint density at radius 2 is 1.77 bits per heavy atom. The largest absolute Gasteiger partial charge is 0.340 e. The van der Waals surface area contributed by atoms with Gasteiger partial charge in [0, 0.05) is 7.05 Å². The minimum Gasteiger partial charge on any atom is -0.340 e. The minimum absolute atomic E-state index is 0.0592. The number of benzene rings is 2. The average molecular weight is 296 g/mol. The van der Waals surface area contributed by atoms with Crippen LogP contribution in [0.5, 0.6) is 0 Å². The monoisotopic (exact) mass is 296 g/mol. The molecule has 0 fully saturated rings. The lowest BCUT2D eigenvalue weighted by molar-refractivity contribution is -0.120. The molecule has 2 aromatic rings. The Morgan fingerprint density at radius 3 is 2.41 bits per heavy atom. The molecule has 3 rings (SSSR count). The van der Waals surface area contributed by atoms with Crippen molar-refractivity contribution in [1.82, 2.24) is 5.32 Å². The van der Waals surface area contributed by atoms with Crippen molar-refractivity contribution in [2.45, 2.75) is 26.3 Å². The van der Waals surface area contributed by atoms with Gasteiger partial charge in [-0.15, -0.1) is 0 Å². The van der Waals surface area contributed by atoms with Crippen LogP contribution in [0.2, 0.25) is 0 Å². The summed E-state index contributed by atoms with van der Waals surface area (Å²) < 4.78 is 0. The van der Waals surface area contributed by atoms with Gasteiger partial charge in [0.05, 0.1) is 11.3 Å². The predicted molar refractivity (Wildman–Crippen MR) is 88.1 cm³/mol. The Kier molecular flexibility index (Phi) is 3.61. The number of hydrogen-bond donors (Lipinski definition) is 1. The summed E-state index contributed by atoms with van der Waals surface area (Å²) >= 11 is 0. The highest BCUT2D eigenvalue weighted by Crippen LogP contribution is 2.29. The molecule has 0 spiro atoms. The maximum Gasteiger partial charge on any atom is 0.254 e. The molecule has 1 N–H and O–H groups in total. The van der Waals surface area contributed by atoms with E-state index in [1.165, 1.54) is 0 Å². The van der Waals surface area contributed by atoms with E-state index < -0.39 is 6.04 Å². The number of nitrogens with zero attached hydrogens (tertiary/aromatic N) is 1. The third-order valence-corrected chi connectivity index (χ3v) is 4.11. The molecule has 0 saturated heterocycles. The third kappa shape index (κ3) is 2.45. The molecule has 0 aliphatic carbocycles. The first kappa shape index (κ1) is 14.6. The number of nitrogens with one attached hydrogen (secondary N) is 1. The molecule has 1 unspecified atom stereocenters. The SMILES string of the molecule is CC(C)CC1NC(=O)c2cc3ccccc3cc2N(C)C1=O. The van der Waals surface area contributed by atoms with Crippen LogP contribution in [-0.2, 0) is 4.79 Å². The molecule has 0 saturated carbocycles. The lowest BCUT2D eigenvalue weighted by Crippen LogP contribution is -2.45. The van der Waals surface area contributed by atoms with Crippen LogP contribution >= 0.6 is 0 Å². The number of likely N-dealkylation sites (N-methyl/N-ethyl adjacent to an activating group) is 1. The second-order valence-corrected chi connectivity index (χ2v) is 6.27. The summed E-state index contributed by atoms with van der Waals surface area (Å²) in [6.07, 6.45) is 0.641. The van der Waals surface area contributed by atoms with Crippen LogP contribution in [0.25, 0.3) is 10.8 Å². The van der Waals surface area contributed by atoms with E-state index in [9.17, 15) is 9.59 Å². The first-order valence-electron chi connectivity index (χ1n) is 7.58. The zero-order valence-corrected chi connectivity index (χ0v) is 13.1. The van der Waals surface area contributed by atoms with Crippen LogP contribution in [0, 0.1) is 5.92 Å². The summed E-state index contributed by atoms with van der Waals surface area (Å²) in [5.41, 5.74) is 1.23. The number of amides is 2. The molecule has 0 bridgehead atoms.